The summed E-state index contributed by atoms with van der Waals surface area (Å²) in [5.74, 6) is -1.12. The Morgan fingerprint density at radius 1 is 1.15 bits per heavy atom. The van der Waals surface area contributed by atoms with Crippen LogP contribution in [-0.2, 0) is 0 Å². The van der Waals surface area contributed by atoms with Crippen molar-refractivity contribution in [2.24, 2.45) is 5.73 Å². The fraction of sp³-hybridized carbons (Fsp3) is 0.133. The molecule has 2 rings (SSSR count). The molecule has 0 fully saturated rings. The molecule has 20 heavy (non-hydrogen) atoms. The smallest absolute Gasteiger partial charge is 0.146 e. The number of benzene rings is 2. The molecule has 0 atom stereocenters. The van der Waals surface area contributed by atoms with E-state index in [9.17, 15) is 8.78 Å². The number of halogens is 2. The van der Waals surface area contributed by atoms with E-state index >= 15 is 0 Å². The lowest BCUT2D eigenvalue weighted by molar-refractivity contribution is 0.624. The Morgan fingerprint density at radius 2 is 1.85 bits per heavy atom. The first-order valence-electron chi connectivity index (χ1n) is 6.20. The van der Waals surface area contributed by atoms with Gasteiger partial charge in [0.05, 0.1) is 11.4 Å². The maximum Gasteiger partial charge on any atom is 0.146 e. The van der Waals surface area contributed by atoms with E-state index in [1.807, 2.05) is 6.92 Å². The maximum absolute atomic E-state index is 13.9. The number of nitrogen functional groups attached to an aromatic ring is 1. The summed E-state index contributed by atoms with van der Waals surface area (Å²) in [7, 11) is 0. The molecule has 0 aliphatic carbocycles. The fourth-order valence-electron chi connectivity index (χ4n) is 2.10. The summed E-state index contributed by atoms with van der Waals surface area (Å²) in [4.78, 5) is 1.66. The predicted molar refractivity (Wildman–Crippen MR) is 76.5 cm³/mol. The van der Waals surface area contributed by atoms with E-state index in [0.717, 1.165) is 0 Å². The normalized spacial score (nSPS) is 10.3. The van der Waals surface area contributed by atoms with Gasteiger partial charge < -0.3 is 10.6 Å². The highest BCUT2D eigenvalue weighted by atomic mass is 19.1. The number of nitrogens with zero attached hydrogens (tertiary/aromatic N) is 1. The minimum Gasteiger partial charge on any atom is -0.384 e. The van der Waals surface area contributed by atoms with Crippen molar-refractivity contribution in [1.29, 1.82) is 5.41 Å². The molecule has 0 heterocycles. The van der Waals surface area contributed by atoms with Crippen molar-refractivity contribution in [2.45, 2.75) is 6.92 Å². The Kier molecular flexibility index (Phi) is 3.98. The van der Waals surface area contributed by atoms with Gasteiger partial charge in [-0.2, -0.15) is 0 Å². The molecule has 0 aliphatic rings. The highest BCUT2D eigenvalue weighted by molar-refractivity contribution is 6.01. The van der Waals surface area contributed by atoms with Crippen molar-refractivity contribution in [1.82, 2.24) is 0 Å². The average molecular weight is 275 g/mol. The van der Waals surface area contributed by atoms with Crippen molar-refractivity contribution in [3.8, 4) is 0 Å². The van der Waals surface area contributed by atoms with Gasteiger partial charge in [0.25, 0.3) is 0 Å². The number of hydrogen-bond acceptors (Lipinski definition) is 2. The average Bonchev–Trinajstić information content (AvgIpc) is 2.42. The molecule has 3 N–H and O–H groups in total. The van der Waals surface area contributed by atoms with E-state index in [1.54, 1.807) is 23.1 Å². The highest BCUT2D eigenvalue weighted by Crippen LogP contribution is 2.30. The van der Waals surface area contributed by atoms with Crippen molar-refractivity contribution in [2.75, 3.05) is 11.4 Å². The number of nitrogens with two attached hydrogens (primary N) is 1. The van der Waals surface area contributed by atoms with Crippen LogP contribution in [0.25, 0.3) is 0 Å². The summed E-state index contributed by atoms with van der Waals surface area (Å²) in [5, 5.41) is 7.55. The standard InChI is InChI=1S/C15H15F2N3/c1-2-20(14-6-4-3-5-12(14)17)13-8-7-10(16)9-11(13)15(18)19/h3-9H,2H2,1H3,(H3,18,19). The molecule has 0 saturated carbocycles. The van der Waals surface area contributed by atoms with Gasteiger partial charge in [0.15, 0.2) is 0 Å². The van der Waals surface area contributed by atoms with E-state index in [0.29, 0.717) is 17.9 Å². The molecule has 3 nitrogen and oxygen atoms in total. The summed E-state index contributed by atoms with van der Waals surface area (Å²) in [6, 6.07) is 10.3. The predicted octanol–water partition coefficient (Wildman–Crippen LogP) is 3.41. The molecule has 104 valence electrons. The van der Waals surface area contributed by atoms with Crippen LogP contribution in [0.15, 0.2) is 42.5 Å². The lowest BCUT2D eigenvalue weighted by atomic mass is 10.1. The van der Waals surface area contributed by atoms with Crippen molar-refractivity contribution in [3.63, 3.8) is 0 Å². The van der Waals surface area contributed by atoms with Gasteiger partial charge in [0.1, 0.15) is 17.5 Å². The van der Waals surface area contributed by atoms with Gasteiger partial charge in [-0.25, -0.2) is 8.78 Å². The Balaban J connectivity index is 2.58. The molecule has 0 spiro atoms. The number of hydrogen-bond donors (Lipinski definition) is 2. The van der Waals surface area contributed by atoms with Crippen LogP contribution in [0.2, 0.25) is 0 Å². The zero-order chi connectivity index (χ0) is 14.7. The molecule has 0 radical (unpaired) electrons. The molecule has 2 aromatic carbocycles. The van der Waals surface area contributed by atoms with Crippen molar-refractivity contribution in [3.05, 3.63) is 59.7 Å². The Bertz CT molecular complexity index is 641. The third-order valence-electron chi connectivity index (χ3n) is 3.00. The lowest BCUT2D eigenvalue weighted by Gasteiger charge is -2.26. The largest absolute Gasteiger partial charge is 0.384 e. The molecule has 5 heteroatoms. The summed E-state index contributed by atoms with van der Waals surface area (Å²) < 4.78 is 27.2. The number of para-hydroxylation sites is 1. The Hall–Kier alpha value is -2.43. The molecule has 0 aromatic heterocycles. The van der Waals surface area contributed by atoms with Crippen LogP contribution in [0, 0.1) is 17.0 Å². The van der Waals surface area contributed by atoms with Crippen LogP contribution in [0.5, 0.6) is 0 Å². The third-order valence-corrected chi connectivity index (χ3v) is 3.00. The maximum atomic E-state index is 13.9. The second-order valence-electron chi connectivity index (χ2n) is 4.27. The summed E-state index contributed by atoms with van der Waals surface area (Å²) in [6.45, 7) is 2.31. The van der Waals surface area contributed by atoms with Gasteiger partial charge in [-0.05, 0) is 37.3 Å². The van der Waals surface area contributed by atoms with Gasteiger partial charge in [-0.1, -0.05) is 12.1 Å². The van der Waals surface area contributed by atoms with E-state index < -0.39 is 5.82 Å². The van der Waals surface area contributed by atoms with Gasteiger partial charge in [0, 0.05) is 12.1 Å². The van der Waals surface area contributed by atoms with Crippen LogP contribution >= 0.6 is 0 Å². The zero-order valence-electron chi connectivity index (χ0n) is 11.0. The van der Waals surface area contributed by atoms with Gasteiger partial charge in [-0.15, -0.1) is 0 Å². The first kappa shape index (κ1) is 14.0. The second kappa shape index (κ2) is 5.69. The van der Waals surface area contributed by atoms with Gasteiger partial charge in [-0.3, -0.25) is 5.41 Å². The summed E-state index contributed by atoms with van der Waals surface area (Å²) in [5.41, 5.74) is 6.60. The van der Waals surface area contributed by atoms with Crippen LogP contribution < -0.4 is 10.6 Å². The van der Waals surface area contributed by atoms with E-state index in [2.05, 4.69) is 0 Å². The topological polar surface area (TPSA) is 53.1 Å². The summed E-state index contributed by atoms with van der Waals surface area (Å²) >= 11 is 0. The number of amidine groups is 1. The Labute approximate surface area is 116 Å². The van der Waals surface area contributed by atoms with E-state index in [1.165, 1.54) is 24.3 Å². The first-order valence-corrected chi connectivity index (χ1v) is 6.20. The third kappa shape index (κ3) is 2.61. The highest BCUT2D eigenvalue weighted by Gasteiger charge is 2.16. The molecule has 0 bridgehead atoms. The number of nitrogens with one attached hydrogen (secondary N) is 1. The quantitative estimate of drug-likeness (QED) is 0.663. The molecule has 0 aliphatic heterocycles. The van der Waals surface area contributed by atoms with Gasteiger partial charge >= 0.3 is 0 Å². The van der Waals surface area contributed by atoms with Crippen LogP contribution in [0.4, 0.5) is 20.2 Å². The molecule has 0 unspecified atom stereocenters. The number of anilines is 2. The van der Waals surface area contributed by atoms with Crippen molar-refractivity contribution < 1.29 is 8.78 Å². The van der Waals surface area contributed by atoms with Crippen LogP contribution in [0.3, 0.4) is 0 Å². The molecule has 0 amide bonds. The van der Waals surface area contributed by atoms with Crippen LogP contribution in [0.1, 0.15) is 12.5 Å². The number of rotatable bonds is 4. The molecular formula is C15H15F2N3. The lowest BCUT2D eigenvalue weighted by Crippen LogP contribution is -2.22. The minimum atomic E-state index is -0.483. The van der Waals surface area contributed by atoms with Crippen LogP contribution in [-0.4, -0.2) is 12.4 Å². The van der Waals surface area contributed by atoms with E-state index in [4.69, 9.17) is 11.1 Å². The summed E-state index contributed by atoms with van der Waals surface area (Å²) in [6.07, 6.45) is 0. The molecular weight excluding hydrogens is 260 g/mol. The Morgan fingerprint density at radius 3 is 2.45 bits per heavy atom. The zero-order valence-corrected chi connectivity index (χ0v) is 11.0. The second-order valence-corrected chi connectivity index (χ2v) is 4.27. The van der Waals surface area contributed by atoms with Gasteiger partial charge in [0.2, 0.25) is 0 Å². The monoisotopic (exact) mass is 275 g/mol. The first-order chi connectivity index (χ1) is 9.54. The van der Waals surface area contributed by atoms with E-state index in [-0.39, 0.29) is 17.2 Å². The SMILES string of the molecule is CCN(c1ccccc1F)c1ccc(F)cc1C(=N)N. The molecule has 0 saturated heterocycles. The minimum absolute atomic E-state index is 0.245. The van der Waals surface area contributed by atoms with Crippen molar-refractivity contribution >= 4 is 17.2 Å². The fourth-order valence-corrected chi connectivity index (χ4v) is 2.10. The molecule has 2 aromatic rings.